The molecule has 0 bridgehead atoms. The number of carbonyl (C=O) groups is 11. The maximum absolute atomic E-state index is 15.6. The van der Waals surface area contributed by atoms with Crippen molar-refractivity contribution in [2.45, 2.75) is 268 Å². The molecule has 9 aliphatic rings. The maximum Gasteiger partial charge on any atom is 0.407 e. The molecule has 3 saturated carbocycles. The van der Waals surface area contributed by atoms with Crippen LogP contribution in [0.25, 0.3) is 0 Å². The number of likely N-dealkylation sites (tertiary alicyclic amines) is 2. The van der Waals surface area contributed by atoms with Crippen molar-refractivity contribution < 1.29 is 80.2 Å². The number of alkyl carbamates (subject to hydrolysis) is 1. The molecule has 3 aromatic rings. The van der Waals surface area contributed by atoms with Gasteiger partial charge in [0.2, 0.25) is 53.2 Å². The van der Waals surface area contributed by atoms with Crippen LogP contribution in [-0.4, -0.2) is 213 Å². The van der Waals surface area contributed by atoms with Crippen LogP contribution in [0.15, 0.2) is 133 Å². The summed E-state index contributed by atoms with van der Waals surface area (Å²) in [6, 6.07) is 6.99. The first-order valence-corrected chi connectivity index (χ1v) is 47.7. The molecule has 1 aromatic heterocycles. The number of nitrogens with zero attached hydrogens (tertiary/aromatic N) is 3. The summed E-state index contributed by atoms with van der Waals surface area (Å²) in [5.41, 5.74) is 4.12. The molecule has 30 heteroatoms. The molecule has 678 valence electrons. The summed E-state index contributed by atoms with van der Waals surface area (Å²) in [4.78, 5) is 167. The quantitative estimate of drug-likeness (QED) is 0.0146. The number of pyridine rings is 1. The maximum atomic E-state index is 15.6. The van der Waals surface area contributed by atoms with Gasteiger partial charge in [0.15, 0.2) is 12.4 Å². The van der Waals surface area contributed by atoms with Crippen molar-refractivity contribution in [1.82, 2.24) is 63.0 Å². The molecule has 5 aliphatic carbocycles. The first-order chi connectivity index (χ1) is 59.5. The number of aliphatic hydroxyl groups excluding tert-OH is 3. The van der Waals surface area contributed by atoms with Crippen LogP contribution in [0.1, 0.15) is 195 Å². The van der Waals surface area contributed by atoms with Gasteiger partial charge in [-0.1, -0.05) is 172 Å². The van der Waals surface area contributed by atoms with Crippen molar-refractivity contribution in [3.63, 3.8) is 0 Å². The fraction of sp³-hybridized carbons (Fsp3) is 0.617. The van der Waals surface area contributed by atoms with E-state index < -0.39 is 138 Å². The zero-order chi connectivity index (χ0) is 88.5. The number of aliphatic hydroxyl groups is 3. The lowest BCUT2D eigenvalue weighted by atomic mass is 9.47. The molecule has 5 heterocycles. The molecule has 21 unspecified atom stereocenters. The third-order valence-electron chi connectivity index (χ3n) is 28.1. The first-order valence-electron chi connectivity index (χ1n) is 45.2. The Labute approximate surface area is 740 Å². The lowest BCUT2D eigenvalue weighted by molar-refractivity contribution is -0.671. The predicted octanol–water partition coefficient (Wildman–Crippen LogP) is 7.41. The van der Waals surface area contributed by atoms with E-state index in [-0.39, 0.29) is 102 Å². The third kappa shape index (κ3) is 23.4. The minimum Gasteiger partial charge on any atom is -0.446 e. The molecule has 28 nitrogen and oxygen atoms in total. The smallest absolute Gasteiger partial charge is 0.407 e. The van der Waals surface area contributed by atoms with E-state index in [2.05, 4.69) is 93.9 Å². The van der Waals surface area contributed by atoms with Gasteiger partial charge in [-0.3, -0.25) is 47.9 Å². The van der Waals surface area contributed by atoms with Crippen molar-refractivity contribution in [2.75, 3.05) is 37.7 Å². The van der Waals surface area contributed by atoms with Gasteiger partial charge < -0.3 is 83.0 Å². The van der Waals surface area contributed by atoms with Crippen LogP contribution in [0.4, 0.5) is 4.79 Å². The minimum atomic E-state index is -1.79. The number of carbonyl (C=O) groups excluding carboxylic acids is 11. The summed E-state index contributed by atoms with van der Waals surface area (Å²) in [5.74, 6) is -4.36. The molecule has 11 amide bonds. The predicted molar refractivity (Wildman–Crippen MR) is 478 cm³/mol. The number of nitrogens with one attached hydrogen (secondary N) is 10. The van der Waals surface area contributed by atoms with E-state index in [1.165, 1.54) is 69.3 Å². The van der Waals surface area contributed by atoms with Crippen LogP contribution in [-0.2, 0) is 67.8 Å². The minimum absolute atomic E-state index is 0. The van der Waals surface area contributed by atoms with Gasteiger partial charge >= 0.3 is 6.09 Å². The number of fused-ring (bicyclic) bond motifs is 6. The van der Waals surface area contributed by atoms with Gasteiger partial charge in [0, 0.05) is 65.2 Å². The molecule has 4 aliphatic heterocycles. The first kappa shape index (κ1) is 94.0. The van der Waals surface area contributed by atoms with Crippen molar-refractivity contribution in [2.24, 2.45) is 59.3 Å². The van der Waals surface area contributed by atoms with Gasteiger partial charge in [-0.25, -0.2) is 9.36 Å². The van der Waals surface area contributed by atoms with Gasteiger partial charge in [-0.15, -0.1) is 0 Å². The number of benzene rings is 2. The Bertz CT molecular complexity index is 4410. The second kappa shape index (κ2) is 43.4. The number of rotatable bonds is 28. The van der Waals surface area contributed by atoms with E-state index in [9.17, 15) is 44.1 Å². The second-order valence-corrected chi connectivity index (χ2v) is 39.6. The summed E-state index contributed by atoms with van der Waals surface area (Å²) in [6.45, 7) is 14.8. The summed E-state index contributed by atoms with van der Waals surface area (Å²) in [7, 11) is 3.73. The number of hydrogen-bond acceptors (Lipinski definition) is 18. The average molecular weight is 1750 g/mol. The Morgan fingerprint density at radius 3 is 2.09 bits per heavy atom. The van der Waals surface area contributed by atoms with E-state index in [4.69, 9.17) is 4.74 Å². The molecule has 3 saturated heterocycles. The molecule has 13 N–H and O–H groups in total. The van der Waals surface area contributed by atoms with E-state index in [0.29, 0.717) is 77.7 Å². The molecule has 2 aromatic carbocycles. The van der Waals surface area contributed by atoms with E-state index in [1.54, 1.807) is 108 Å². The van der Waals surface area contributed by atoms with Crippen LogP contribution >= 0.6 is 21.6 Å². The summed E-state index contributed by atoms with van der Waals surface area (Å²) in [6.07, 6.45) is 25.7. The molecule has 22 atom stereocenters. The van der Waals surface area contributed by atoms with Crippen LogP contribution in [0.2, 0.25) is 0 Å². The Hall–Kier alpha value is -9.10. The number of amides is 11. The van der Waals surface area contributed by atoms with Crippen molar-refractivity contribution in [3.8, 4) is 0 Å². The summed E-state index contributed by atoms with van der Waals surface area (Å²) >= 11 is 0. The molecule has 0 radical (unpaired) electrons. The van der Waals surface area contributed by atoms with Gasteiger partial charge in [0.1, 0.15) is 73.1 Å². The average Bonchev–Trinajstić information content (AvgIpc) is 1.42. The van der Waals surface area contributed by atoms with Gasteiger partial charge in [0.25, 0.3) is 5.91 Å². The standard InChI is InChI=1S/C94H131N13O15S2.2H2/c1-56(2)23-19-24-57(3)68-37-38-69-67-36-35-64-50-65(39-41-93(64,6)70(67)40-42-94(68,69)7)122-92(121)95-43-18-17-32-72-82(111)104-81(59(5)110)89(118)103-78(87(116)101-76(53-108)58(4)109)55-124-123-54-77(86(115)98-73(47-60-25-11-9-12-26-60)83(112)99-75(85(114)97-72)49-63-51-96-71-31-16-15-30-66(63)71)102-84(113)74(48-61-27-13-10-14-28-61)100-88(117)79-33-21-45-106(79)91(120)80-34-22-46-107(80)90(119)62-29-20-44-105(8)52-62;;/h9-16,20,25-31,35,44,51-52,56-59,65-81,96,108-110H,17-19,21-24,32-34,36-43,45-50,53-55H2,1-8H3,(H8-,95,97,98,99,100,101,102,103,104,111,112,113,114,115,116,117,118,121);2*1H/p+1/t57?,58?,59?,65-,66?,67?,68?,69?,70?,71?,72?,73?,74?,75?,76?,77?,78?,79?,80?,81?,93?,94?;;/m0../s1/i;2*1+1. The van der Waals surface area contributed by atoms with Crippen molar-refractivity contribution in [3.05, 3.63) is 150 Å². The van der Waals surface area contributed by atoms with Crippen molar-refractivity contribution in [1.29, 1.82) is 0 Å². The fourth-order valence-electron chi connectivity index (χ4n) is 21.2. The molecule has 124 heavy (non-hydrogen) atoms. The number of allylic oxidation sites excluding steroid dienone is 3. The van der Waals surface area contributed by atoms with E-state index in [0.717, 1.165) is 58.6 Å². The Morgan fingerprint density at radius 2 is 1.37 bits per heavy atom. The Balaban J connectivity index is 0.00000828. The number of unbranched alkanes of at least 4 members (excludes halogenated alkanes) is 1. The number of hydrogen-bond donors (Lipinski definition) is 13. The zero-order valence-corrected chi connectivity index (χ0v) is 74.8. The summed E-state index contributed by atoms with van der Waals surface area (Å²) in [5, 5.41) is 61.0. The lowest BCUT2D eigenvalue weighted by Crippen LogP contribution is -2.62. The fourth-order valence-corrected chi connectivity index (χ4v) is 23.5. The molecule has 6 fully saturated rings. The topological polar surface area (TPSA) is 388 Å². The SMILES string of the molecule is CC(C)CCCC(C)C1CCC2C3CC=C4C[C@@H](OC(=O)NCCCCC5NC(=O)C(CC6=CNC7C=CC=CC67)NC(=O)C(Cc6ccccc6)NC(=O)C(NC(=O)C(Cc6ccccc6)NC(=O)C6CCCN6C(=O)C6CCCN6C(=O)c6ccc[n+](C)c6)CSSCC(C(=O)NC(CO)C(C)O)NC(=O)C(C(C)O)NC5=O)CCC4(C)C3CCC12C.[2HH].[2HH]. The largest absolute Gasteiger partial charge is 0.446 e. The highest BCUT2D eigenvalue weighted by atomic mass is 33.1. The van der Waals surface area contributed by atoms with Gasteiger partial charge in [0.05, 0.1) is 30.9 Å². The zero-order valence-electron chi connectivity index (χ0n) is 73.2. The highest BCUT2D eigenvalue weighted by Crippen LogP contribution is 2.67. The van der Waals surface area contributed by atoms with E-state index in [1.807, 2.05) is 24.3 Å². The summed E-state index contributed by atoms with van der Waals surface area (Å²) < 4.78 is 7.93. The van der Waals surface area contributed by atoms with Gasteiger partial charge in [-0.05, 0) is 185 Å². The van der Waals surface area contributed by atoms with Crippen LogP contribution < -0.4 is 57.7 Å². The monoisotopic (exact) mass is 1750 g/mol. The van der Waals surface area contributed by atoms with Crippen LogP contribution in [0.3, 0.4) is 0 Å². The Kier molecular flexibility index (Phi) is 32.9. The number of aryl methyl sites for hydroxylation is 1. The van der Waals surface area contributed by atoms with E-state index >= 15 is 24.0 Å². The third-order valence-corrected chi connectivity index (χ3v) is 30.5. The molecular formula is C94H136N13O15S2+. The number of aromatic nitrogens is 1. The van der Waals surface area contributed by atoms with Gasteiger partial charge in [-0.2, -0.15) is 0 Å². The molecular weight excluding hydrogens is 1620 g/mol. The Morgan fingerprint density at radius 1 is 0.685 bits per heavy atom. The van der Waals surface area contributed by atoms with Crippen LogP contribution in [0, 0.1) is 52.3 Å². The highest BCUT2D eigenvalue weighted by molar-refractivity contribution is 8.76. The second-order valence-electron chi connectivity index (χ2n) is 37.1. The molecule has 12 rings (SSSR count). The molecule has 0 spiro atoms. The normalized spacial score (nSPS) is 30.4. The van der Waals surface area contributed by atoms with Crippen molar-refractivity contribution >= 4 is 86.8 Å². The lowest BCUT2D eigenvalue weighted by Gasteiger charge is -2.58. The highest BCUT2D eigenvalue weighted by Gasteiger charge is 2.60. The van der Waals surface area contributed by atoms with Crippen LogP contribution in [0.5, 0.6) is 0 Å². The number of ether oxygens (including phenoxy) is 1.